The van der Waals surface area contributed by atoms with Gasteiger partial charge in [-0.25, -0.2) is 0 Å². The largest absolute Gasteiger partial charge is 0.411 e. The number of aryl methyl sites for hydroxylation is 1. The molecule has 0 unspecified atom stereocenters. The molecule has 4 N–H and O–H groups in total. The molecule has 38 heavy (non-hydrogen) atoms. The Morgan fingerprint density at radius 2 is 1.37 bits per heavy atom. The predicted molar refractivity (Wildman–Crippen MR) is 146 cm³/mol. The average Bonchev–Trinajstić information content (AvgIpc) is 3.44. The van der Waals surface area contributed by atoms with Crippen molar-refractivity contribution in [3.05, 3.63) is 61.5 Å². The maximum absolute atomic E-state index is 8.03. The first kappa shape index (κ1) is 34.8. The van der Waals surface area contributed by atoms with Gasteiger partial charge in [0, 0.05) is 53.0 Å². The molecule has 1 fully saturated rings. The van der Waals surface area contributed by atoms with E-state index in [-0.39, 0.29) is 16.8 Å². The predicted octanol–water partition coefficient (Wildman–Crippen LogP) is 5.85. The van der Waals surface area contributed by atoms with Crippen LogP contribution in [-0.4, -0.2) is 53.2 Å². The van der Waals surface area contributed by atoms with Gasteiger partial charge in [-0.15, -0.1) is 0 Å². The number of hydrogen-bond donors (Lipinski definition) is 4. The summed E-state index contributed by atoms with van der Waals surface area (Å²) in [6, 6.07) is 10.2. The van der Waals surface area contributed by atoms with E-state index in [4.69, 9.17) is 20.8 Å². The molecule has 1 aliphatic carbocycles. The summed E-state index contributed by atoms with van der Waals surface area (Å²) in [6.07, 6.45) is 11.1. The van der Waals surface area contributed by atoms with Crippen LogP contribution in [0.4, 0.5) is 0 Å². The Balaban J connectivity index is 0.000000516. The molecule has 213 valence electrons. The Bertz CT molecular complexity index is 964. The van der Waals surface area contributed by atoms with Crippen molar-refractivity contribution < 1.29 is 37.6 Å². The Morgan fingerprint density at radius 1 is 0.868 bits per heavy atom. The number of oxime groups is 4. The zero-order chi connectivity index (χ0) is 27.8. The van der Waals surface area contributed by atoms with E-state index in [2.05, 4.69) is 62.4 Å². The Morgan fingerprint density at radius 3 is 1.76 bits per heavy atom. The molecule has 2 aromatic heterocycles. The molecule has 0 saturated heterocycles. The molecule has 2 aromatic rings. The van der Waals surface area contributed by atoms with Gasteiger partial charge in [0.25, 0.3) is 0 Å². The molecule has 1 radical (unpaired) electrons. The van der Waals surface area contributed by atoms with Crippen LogP contribution in [-0.2, 0) is 28.7 Å². The quantitative estimate of drug-likeness (QED) is 0.154. The van der Waals surface area contributed by atoms with Crippen LogP contribution in [0.15, 0.2) is 69.5 Å². The summed E-state index contributed by atoms with van der Waals surface area (Å²) in [5.74, 6) is 1.49. The summed E-state index contributed by atoms with van der Waals surface area (Å²) in [6.45, 7) is 14.2. The molecule has 11 heteroatoms. The second-order valence-corrected chi connectivity index (χ2v) is 9.32. The van der Waals surface area contributed by atoms with Crippen molar-refractivity contribution >= 4 is 22.8 Å². The molecule has 2 aliphatic rings. The fourth-order valence-electron chi connectivity index (χ4n) is 4.52. The first-order chi connectivity index (χ1) is 17.7. The topological polar surface area (TPSA) is 148 Å². The molecule has 1 saturated carbocycles. The van der Waals surface area contributed by atoms with Crippen molar-refractivity contribution in [2.24, 2.45) is 32.5 Å². The summed E-state index contributed by atoms with van der Waals surface area (Å²) < 4.78 is 2.45. The van der Waals surface area contributed by atoms with Crippen molar-refractivity contribution in [3.8, 4) is 0 Å². The van der Waals surface area contributed by atoms with Gasteiger partial charge in [-0.1, -0.05) is 52.4 Å². The maximum Gasteiger partial charge on any atom is 0.101 e. The number of fused-ring (bicyclic) bond motifs is 3. The molecular weight excluding hydrogens is 531 g/mol. The Hall–Kier alpha value is -3.18. The normalized spacial score (nSPS) is 22.9. The number of hydrogen-bond acceptors (Lipinski definition) is 9. The van der Waals surface area contributed by atoms with E-state index in [0.29, 0.717) is 34.2 Å². The number of nitrogens with zero attached hydrogens (tertiary/aromatic N) is 6. The monoisotopic (exact) mass is 572 g/mol. The van der Waals surface area contributed by atoms with E-state index in [0.717, 1.165) is 5.92 Å². The fraction of sp³-hybridized carbons (Fsp3) is 0.481. The first-order valence-electron chi connectivity index (χ1n) is 12.2. The third-order valence-electron chi connectivity index (χ3n) is 6.97. The molecular formula is C27H41CoN6O4-. The summed E-state index contributed by atoms with van der Waals surface area (Å²) >= 11 is 0. The standard InChI is InChI=1S/C14H20N.C5H5N.2C4H8N2O2.Co/c1-11-5-3-8-14(2)12(11)7-10-15-9-4-6-13(14)15;1-2-4-6-5-3-1;2*1-3(5-7)4(2)6-8;/h4,6,9,11-12H,1,3,5,7-8,10H2,2H3;1-5H;2*7-8H,1-2H3;/q-1;;;;/b;;2*5-3-,6-4+;/t11-,12+,14+;;;;/m1..../s1. The van der Waals surface area contributed by atoms with Crippen LogP contribution >= 0.6 is 0 Å². The van der Waals surface area contributed by atoms with Gasteiger partial charge < -0.3 is 32.3 Å². The minimum atomic E-state index is 0. The van der Waals surface area contributed by atoms with Crippen LogP contribution in [0.25, 0.3) is 0 Å². The molecule has 10 nitrogen and oxygen atoms in total. The van der Waals surface area contributed by atoms with Gasteiger partial charge in [0.05, 0.1) is 0 Å². The minimum Gasteiger partial charge on any atom is -0.411 e. The van der Waals surface area contributed by atoms with Gasteiger partial charge in [0.1, 0.15) is 22.8 Å². The number of aromatic nitrogens is 2. The van der Waals surface area contributed by atoms with Gasteiger partial charge in [0.15, 0.2) is 0 Å². The molecule has 0 amide bonds. The van der Waals surface area contributed by atoms with Crippen molar-refractivity contribution in [1.82, 2.24) is 9.55 Å². The fourth-order valence-corrected chi connectivity index (χ4v) is 4.52. The van der Waals surface area contributed by atoms with Gasteiger partial charge >= 0.3 is 0 Å². The van der Waals surface area contributed by atoms with Crippen LogP contribution in [0, 0.1) is 18.8 Å². The Kier molecular flexibility index (Phi) is 16.6. The average molecular weight is 573 g/mol. The molecule has 0 aromatic carbocycles. The Labute approximate surface area is 236 Å². The molecule has 0 spiro atoms. The summed E-state index contributed by atoms with van der Waals surface area (Å²) in [5, 5.41) is 43.3. The van der Waals surface area contributed by atoms with Gasteiger partial charge in [0.2, 0.25) is 0 Å². The number of rotatable bonds is 2. The first-order valence-corrected chi connectivity index (χ1v) is 12.2. The smallest absolute Gasteiger partial charge is 0.101 e. The van der Waals surface area contributed by atoms with Crippen molar-refractivity contribution in [3.63, 3.8) is 0 Å². The van der Waals surface area contributed by atoms with Gasteiger partial charge in [-0.3, -0.25) is 4.98 Å². The van der Waals surface area contributed by atoms with Crippen LogP contribution < -0.4 is 0 Å². The second-order valence-electron chi connectivity index (χ2n) is 9.32. The van der Waals surface area contributed by atoms with Crippen molar-refractivity contribution in [2.75, 3.05) is 0 Å². The van der Waals surface area contributed by atoms with Crippen molar-refractivity contribution in [1.29, 1.82) is 0 Å². The van der Waals surface area contributed by atoms with E-state index in [1.807, 2.05) is 18.2 Å². The van der Waals surface area contributed by atoms with E-state index in [1.165, 1.54) is 59.9 Å². The summed E-state index contributed by atoms with van der Waals surface area (Å²) in [4.78, 5) is 3.78. The second kappa shape index (κ2) is 18.1. The van der Waals surface area contributed by atoms with E-state index in [1.54, 1.807) is 18.1 Å². The van der Waals surface area contributed by atoms with Crippen LogP contribution in [0.5, 0.6) is 0 Å². The zero-order valence-electron chi connectivity index (χ0n) is 22.8. The van der Waals surface area contributed by atoms with Gasteiger partial charge in [-0.05, 0) is 64.8 Å². The molecule has 1 aliphatic heterocycles. The SMILES string of the molecule is CC(=N/O)/C(C)=N/O.CC(=N/O)/C(C)=N/O.[CH2-][C@@H]1CCC[C@]2(C)c3cccn3CC[C@@H]12.[Co].c1ccncc1. The summed E-state index contributed by atoms with van der Waals surface area (Å²) in [7, 11) is 0. The van der Waals surface area contributed by atoms with Crippen LogP contribution in [0.3, 0.4) is 0 Å². The zero-order valence-corrected chi connectivity index (χ0v) is 23.9. The molecule has 3 heterocycles. The molecule has 4 rings (SSSR count). The number of pyridine rings is 1. The van der Waals surface area contributed by atoms with Gasteiger partial charge in [-0.2, -0.15) is 5.92 Å². The molecule has 0 bridgehead atoms. The summed E-state index contributed by atoms with van der Waals surface area (Å²) in [5.41, 5.74) is 3.22. The maximum atomic E-state index is 8.03. The van der Waals surface area contributed by atoms with Crippen LogP contribution in [0.2, 0.25) is 0 Å². The van der Waals surface area contributed by atoms with Crippen molar-refractivity contribution in [2.45, 2.75) is 72.3 Å². The van der Waals surface area contributed by atoms with Crippen LogP contribution in [0.1, 0.15) is 66.0 Å². The van der Waals surface area contributed by atoms with E-state index in [9.17, 15) is 0 Å². The minimum absolute atomic E-state index is 0. The van der Waals surface area contributed by atoms with E-state index >= 15 is 0 Å². The van der Waals surface area contributed by atoms with E-state index < -0.39 is 0 Å². The third kappa shape index (κ3) is 10.3. The third-order valence-corrected chi connectivity index (χ3v) is 6.97. The molecule has 3 atom stereocenters.